The first-order valence-electron chi connectivity index (χ1n) is 10.3. The smallest absolute Gasteiger partial charge is 0.136 e. The number of Topliss-reactive ketones (excluding diaryl/α,β-unsaturated/α-hetero) is 1. The molecule has 0 aromatic heterocycles. The highest BCUT2D eigenvalue weighted by Gasteiger charge is 2.63. The van der Waals surface area contributed by atoms with E-state index in [2.05, 4.69) is 13.8 Å². The van der Waals surface area contributed by atoms with Crippen molar-refractivity contribution in [2.24, 2.45) is 40.4 Å². The van der Waals surface area contributed by atoms with Gasteiger partial charge in [0.1, 0.15) is 5.78 Å². The van der Waals surface area contributed by atoms with Crippen LogP contribution in [0.1, 0.15) is 65.7 Å². The van der Waals surface area contributed by atoms with Gasteiger partial charge in [-0.2, -0.15) is 0 Å². The number of fused-ring (bicyclic) bond motifs is 5. The van der Waals surface area contributed by atoms with Gasteiger partial charge in [0.25, 0.3) is 0 Å². The lowest BCUT2D eigenvalue weighted by Crippen LogP contribution is -2.59. The predicted molar refractivity (Wildman–Crippen MR) is 94.7 cm³/mol. The molecule has 0 radical (unpaired) electrons. The van der Waals surface area contributed by atoms with E-state index in [4.69, 9.17) is 0 Å². The van der Waals surface area contributed by atoms with Gasteiger partial charge in [-0.05, 0) is 80.0 Å². The van der Waals surface area contributed by atoms with Gasteiger partial charge in [-0.25, -0.2) is 0 Å². The Morgan fingerprint density at radius 1 is 1.04 bits per heavy atom. The van der Waals surface area contributed by atoms with Gasteiger partial charge in [0.2, 0.25) is 0 Å². The fourth-order valence-corrected chi connectivity index (χ4v) is 7.90. The van der Waals surface area contributed by atoms with Crippen LogP contribution in [0.5, 0.6) is 0 Å². The fourth-order valence-electron chi connectivity index (χ4n) is 7.90. The zero-order valence-electron chi connectivity index (χ0n) is 15.8. The number of hydrogen-bond donors (Lipinski definition) is 3. The Bertz CT molecular complexity index is 560. The number of rotatable bonds is 1. The fraction of sp³-hybridized carbons (Fsp3) is 0.952. The van der Waals surface area contributed by atoms with Crippen molar-refractivity contribution in [2.45, 2.75) is 84.0 Å². The Morgan fingerprint density at radius 2 is 1.72 bits per heavy atom. The Kier molecular flexibility index (Phi) is 4.14. The highest BCUT2D eigenvalue weighted by Crippen LogP contribution is 2.67. The van der Waals surface area contributed by atoms with Crippen LogP contribution >= 0.6 is 0 Å². The molecular weight excluding hydrogens is 316 g/mol. The van der Waals surface area contributed by atoms with E-state index in [9.17, 15) is 20.1 Å². The number of carbonyl (C=O) groups is 1. The third-order valence-corrected chi connectivity index (χ3v) is 9.13. The van der Waals surface area contributed by atoms with Crippen molar-refractivity contribution >= 4 is 5.78 Å². The van der Waals surface area contributed by atoms with Gasteiger partial charge in [-0.1, -0.05) is 13.8 Å². The number of ketones is 1. The molecule has 0 bridgehead atoms. The molecule has 4 nitrogen and oxygen atoms in total. The molecule has 3 N–H and O–H groups in total. The molecule has 142 valence electrons. The SMILES string of the molecule is CC(O)C1CCC2C3CC(=O)C4CC(O)C(O)CC4(C)C3CCC12C. The highest BCUT2D eigenvalue weighted by molar-refractivity contribution is 5.83. The predicted octanol–water partition coefficient (Wildman–Crippen LogP) is 2.54. The molecule has 4 aliphatic carbocycles. The van der Waals surface area contributed by atoms with Gasteiger partial charge >= 0.3 is 0 Å². The van der Waals surface area contributed by atoms with Gasteiger partial charge < -0.3 is 15.3 Å². The van der Waals surface area contributed by atoms with Crippen LogP contribution in [-0.4, -0.2) is 39.4 Å². The Hall–Kier alpha value is -0.450. The van der Waals surface area contributed by atoms with Crippen LogP contribution in [0.2, 0.25) is 0 Å². The minimum Gasteiger partial charge on any atom is -0.393 e. The zero-order valence-corrected chi connectivity index (χ0v) is 15.8. The molecule has 0 aliphatic heterocycles. The van der Waals surface area contributed by atoms with Gasteiger partial charge in [-0.3, -0.25) is 4.79 Å². The maximum atomic E-state index is 13.0. The average Bonchev–Trinajstić information content (AvgIpc) is 2.88. The first-order chi connectivity index (χ1) is 11.7. The maximum Gasteiger partial charge on any atom is 0.136 e. The summed E-state index contributed by atoms with van der Waals surface area (Å²) < 4.78 is 0. The lowest BCUT2D eigenvalue weighted by Gasteiger charge is -2.60. The molecule has 4 rings (SSSR count). The Balaban J connectivity index is 1.67. The first kappa shape index (κ1) is 17.9. The summed E-state index contributed by atoms with van der Waals surface area (Å²) in [6.07, 6.45) is 4.28. The van der Waals surface area contributed by atoms with Crippen LogP contribution in [0.4, 0.5) is 0 Å². The van der Waals surface area contributed by atoms with Crippen molar-refractivity contribution in [3.05, 3.63) is 0 Å². The molecule has 4 heteroatoms. The van der Waals surface area contributed by atoms with Crippen molar-refractivity contribution in [1.82, 2.24) is 0 Å². The molecule has 0 amide bonds. The minimum absolute atomic E-state index is 0.0922. The van der Waals surface area contributed by atoms with E-state index in [-0.39, 0.29) is 22.9 Å². The molecule has 10 atom stereocenters. The van der Waals surface area contributed by atoms with Gasteiger partial charge in [-0.15, -0.1) is 0 Å². The Labute approximate surface area is 151 Å². The summed E-state index contributed by atoms with van der Waals surface area (Å²) in [4.78, 5) is 13.0. The number of aliphatic hydroxyl groups excluding tert-OH is 3. The standard InChI is InChI=1S/C21H34O4/c1-11(22)13-4-5-14-12-8-17(23)16-9-18(24)19(25)10-21(16,3)15(12)6-7-20(13,14)2/h11-16,18-19,22,24-25H,4-10H2,1-3H3. The molecule has 0 aromatic carbocycles. The molecule has 4 fully saturated rings. The maximum absolute atomic E-state index is 13.0. The average molecular weight is 350 g/mol. The monoisotopic (exact) mass is 350 g/mol. The van der Waals surface area contributed by atoms with E-state index in [1.165, 1.54) is 0 Å². The van der Waals surface area contributed by atoms with Gasteiger partial charge in [0, 0.05) is 12.3 Å². The van der Waals surface area contributed by atoms with Crippen molar-refractivity contribution in [3.8, 4) is 0 Å². The van der Waals surface area contributed by atoms with E-state index in [1.807, 2.05) is 6.92 Å². The van der Waals surface area contributed by atoms with Crippen LogP contribution in [-0.2, 0) is 4.79 Å². The van der Waals surface area contributed by atoms with Gasteiger partial charge in [0.05, 0.1) is 18.3 Å². The molecule has 4 saturated carbocycles. The number of aliphatic hydroxyl groups is 3. The molecule has 0 aromatic rings. The third-order valence-electron chi connectivity index (χ3n) is 9.13. The van der Waals surface area contributed by atoms with E-state index in [0.717, 1.165) is 25.7 Å². The van der Waals surface area contributed by atoms with Crippen molar-refractivity contribution < 1.29 is 20.1 Å². The van der Waals surface area contributed by atoms with Crippen LogP contribution in [0.15, 0.2) is 0 Å². The topological polar surface area (TPSA) is 77.8 Å². The molecule has 0 saturated heterocycles. The van der Waals surface area contributed by atoms with Crippen LogP contribution in [0.3, 0.4) is 0 Å². The molecule has 25 heavy (non-hydrogen) atoms. The second-order valence-corrected chi connectivity index (χ2v) is 10.1. The summed E-state index contributed by atoms with van der Waals surface area (Å²) in [5.41, 5.74) is -0.0332. The molecule has 0 spiro atoms. The van der Waals surface area contributed by atoms with Crippen molar-refractivity contribution in [2.75, 3.05) is 0 Å². The second-order valence-electron chi connectivity index (χ2n) is 10.1. The van der Waals surface area contributed by atoms with Gasteiger partial charge in [0.15, 0.2) is 0 Å². The molecular formula is C21H34O4. The summed E-state index contributed by atoms with van der Waals surface area (Å²) in [5.74, 6) is 1.92. The van der Waals surface area contributed by atoms with E-state index < -0.39 is 12.2 Å². The molecule has 0 heterocycles. The normalized spacial score (nSPS) is 56.7. The van der Waals surface area contributed by atoms with Crippen molar-refractivity contribution in [1.29, 1.82) is 0 Å². The van der Waals surface area contributed by atoms with E-state index >= 15 is 0 Å². The molecule has 10 unspecified atom stereocenters. The third kappa shape index (κ3) is 2.40. The number of hydrogen-bond acceptors (Lipinski definition) is 4. The zero-order chi connectivity index (χ0) is 18.1. The van der Waals surface area contributed by atoms with Crippen LogP contribution < -0.4 is 0 Å². The number of carbonyl (C=O) groups excluding carboxylic acids is 1. The summed E-state index contributed by atoms with van der Waals surface area (Å²) in [6.45, 7) is 6.47. The lowest BCUT2D eigenvalue weighted by atomic mass is 9.44. The van der Waals surface area contributed by atoms with Crippen LogP contribution in [0.25, 0.3) is 0 Å². The first-order valence-corrected chi connectivity index (χ1v) is 10.3. The Morgan fingerprint density at radius 3 is 2.40 bits per heavy atom. The quantitative estimate of drug-likeness (QED) is 0.679. The second kappa shape index (κ2) is 5.77. The summed E-state index contributed by atoms with van der Waals surface area (Å²) in [6, 6.07) is 0. The minimum atomic E-state index is -0.751. The lowest BCUT2D eigenvalue weighted by molar-refractivity contribution is -0.174. The largest absolute Gasteiger partial charge is 0.393 e. The summed E-state index contributed by atoms with van der Waals surface area (Å²) in [5, 5.41) is 30.7. The highest BCUT2D eigenvalue weighted by atomic mass is 16.3. The van der Waals surface area contributed by atoms with E-state index in [0.29, 0.717) is 48.7 Å². The van der Waals surface area contributed by atoms with E-state index in [1.54, 1.807) is 0 Å². The van der Waals surface area contributed by atoms with Crippen molar-refractivity contribution in [3.63, 3.8) is 0 Å². The molecule has 4 aliphatic rings. The summed E-state index contributed by atoms with van der Waals surface area (Å²) in [7, 11) is 0. The van der Waals surface area contributed by atoms with Crippen LogP contribution in [0, 0.1) is 40.4 Å². The summed E-state index contributed by atoms with van der Waals surface area (Å²) >= 11 is 0.